The fourth-order valence-corrected chi connectivity index (χ4v) is 1.40. The van der Waals surface area contributed by atoms with Crippen molar-refractivity contribution in [3.05, 3.63) is 35.9 Å². The first kappa shape index (κ1) is 11.4. The zero-order chi connectivity index (χ0) is 11.3. The Kier molecular flexibility index (Phi) is 4.03. The van der Waals surface area contributed by atoms with Crippen LogP contribution in [0.1, 0.15) is 23.7 Å². The summed E-state index contributed by atoms with van der Waals surface area (Å²) in [5, 5.41) is 0. The van der Waals surface area contributed by atoms with Crippen molar-refractivity contribution >= 4 is 11.8 Å². The Morgan fingerprint density at radius 3 is 2.33 bits per heavy atom. The second-order valence-corrected chi connectivity index (χ2v) is 3.21. The Hall–Kier alpha value is -1.64. The molecule has 1 atom stereocenters. The van der Waals surface area contributed by atoms with Crippen molar-refractivity contribution in [1.29, 1.82) is 0 Å². The lowest BCUT2D eigenvalue weighted by atomic mass is 9.95. The summed E-state index contributed by atoms with van der Waals surface area (Å²) in [6.07, 6.45) is 0.459. The lowest BCUT2D eigenvalue weighted by Crippen LogP contribution is -2.24. The topological polar surface area (TPSA) is 43.4 Å². The molecule has 80 valence electrons. The molecule has 0 aliphatic heterocycles. The Bertz CT molecular complexity index is 343. The molecule has 1 aromatic carbocycles. The Labute approximate surface area is 89.1 Å². The highest BCUT2D eigenvalue weighted by molar-refractivity contribution is 6.08. The van der Waals surface area contributed by atoms with Crippen LogP contribution in [0.2, 0.25) is 0 Å². The molecule has 0 aliphatic rings. The molecule has 0 saturated carbocycles. The molecule has 0 fully saturated rings. The molecule has 3 nitrogen and oxygen atoms in total. The largest absolute Gasteiger partial charge is 0.468 e. The number of benzene rings is 1. The van der Waals surface area contributed by atoms with E-state index in [0.717, 1.165) is 0 Å². The van der Waals surface area contributed by atoms with Gasteiger partial charge in [-0.2, -0.15) is 0 Å². The second kappa shape index (κ2) is 5.29. The highest BCUT2D eigenvalue weighted by Crippen LogP contribution is 2.13. The van der Waals surface area contributed by atoms with E-state index in [0.29, 0.717) is 12.0 Å². The van der Waals surface area contributed by atoms with Gasteiger partial charge in [0.25, 0.3) is 0 Å². The first-order valence-corrected chi connectivity index (χ1v) is 4.87. The van der Waals surface area contributed by atoms with Gasteiger partial charge in [-0.3, -0.25) is 9.59 Å². The van der Waals surface area contributed by atoms with Gasteiger partial charge in [0, 0.05) is 5.56 Å². The van der Waals surface area contributed by atoms with Crippen molar-refractivity contribution in [1.82, 2.24) is 0 Å². The molecular weight excluding hydrogens is 192 g/mol. The number of Topliss-reactive ketones (excluding diaryl/α,β-unsaturated/α-hetero) is 1. The van der Waals surface area contributed by atoms with E-state index in [4.69, 9.17) is 0 Å². The maximum atomic E-state index is 11.9. The van der Waals surface area contributed by atoms with E-state index in [-0.39, 0.29) is 5.78 Å². The predicted molar refractivity (Wildman–Crippen MR) is 56.6 cm³/mol. The molecule has 0 heterocycles. The summed E-state index contributed by atoms with van der Waals surface area (Å²) in [4.78, 5) is 23.2. The summed E-state index contributed by atoms with van der Waals surface area (Å²) in [6, 6.07) is 8.78. The molecule has 0 aromatic heterocycles. The normalized spacial score (nSPS) is 11.9. The second-order valence-electron chi connectivity index (χ2n) is 3.21. The van der Waals surface area contributed by atoms with E-state index < -0.39 is 11.9 Å². The van der Waals surface area contributed by atoms with Gasteiger partial charge < -0.3 is 4.74 Å². The van der Waals surface area contributed by atoms with Gasteiger partial charge in [0.15, 0.2) is 5.78 Å². The van der Waals surface area contributed by atoms with Crippen molar-refractivity contribution in [3.8, 4) is 0 Å². The third-order valence-corrected chi connectivity index (χ3v) is 2.27. The average molecular weight is 206 g/mol. The zero-order valence-corrected chi connectivity index (χ0v) is 8.90. The maximum Gasteiger partial charge on any atom is 0.316 e. The summed E-state index contributed by atoms with van der Waals surface area (Å²) in [6.45, 7) is 1.79. The van der Waals surface area contributed by atoms with Gasteiger partial charge in [-0.05, 0) is 6.42 Å². The summed E-state index contributed by atoms with van der Waals surface area (Å²) in [7, 11) is 1.29. The number of hydrogen-bond donors (Lipinski definition) is 0. The molecular formula is C12H14O3. The molecule has 0 amide bonds. The third kappa shape index (κ3) is 2.65. The van der Waals surface area contributed by atoms with Crippen LogP contribution < -0.4 is 0 Å². The lowest BCUT2D eigenvalue weighted by molar-refractivity contribution is -0.143. The smallest absolute Gasteiger partial charge is 0.316 e. The number of ketones is 1. The number of carbonyl (C=O) groups excluding carboxylic acids is 2. The van der Waals surface area contributed by atoms with E-state index in [1.54, 1.807) is 31.2 Å². The van der Waals surface area contributed by atoms with Crippen LogP contribution in [0.25, 0.3) is 0 Å². The Morgan fingerprint density at radius 2 is 1.87 bits per heavy atom. The number of carbonyl (C=O) groups is 2. The van der Waals surface area contributed by atoms with E-state index >= 15 is 0 Å². The molecule has 1 aromatic rings. The number of hydrogen-bond acceptors (Lipinski definition) is 3. The molecule has 0 aliphatic carbocycles. The summed E-state index contributed by atoms with van der Waals surface area (Å²) < 4.78 is 4.59. The quantitative estimate of drug-likeness (QED) is 0.430. The van der Waals surface area contributed by atoms with Crippen LogP contribution in [-0.4, -0.2) is 18.9 Å². The van der Waals surface area contributed by atoms with Gasteiger partial charge in [0.05, 0.1) is 7.11 Å². The minimum Gasteiger partial charge on any atom is -0.468 e. The van der Waals surface area contributed by atoms with E-state index in [1.807, 2.05) is 6.07 Å². The van der Waals surface area contributed by atoms with Crippen LogP contribution in [0.5, 0.6) is 0 Å². The summed E-state index contributed by atoms with van der Waals surface area (Å²) in [5.41, 5.74) is 0.551. The van der Waals surface area contributed by atoms with Crippen LogP contribution >= 0.6 is 0 Å². The zero-order valence-electron chi connectivity index (χ0n) is 8.90. The van der Waals surface area contributed by atoms with Crippen molar-refractivity contribution in [2.45, 2.75) is 13.3 Å². The first-order valence-electron chi connectivity index (χ1n) is 4.87. The van der Waals surface area contributed by atoms with Gasteiger partial charge >= 0.3 is 5.97 Å². The molecule has 0 saturated heterocycles. The summed E-state index contributed by atoms with van der Waals surface area (Å²) in [5.74, 6) is -1.33. The van der Waals surface area contributed by atoms with Gasteiger partial charge in [0.2, 0.25) is 0 Å². The highest BCUT2D eigenvalue weighted by atomic mass is 16.5. The van der Waals surface area contributed by atoms with Gasteiger partial charge in [-0.25, -0.2) is 0 Å². The van der Waals surface area contributed by atoms with Crippen LogP contribution in [-0.2, 0) is 9.53 Å². The Balaban J connectivity index is 2.87. The summed E-state index contributed by atoms with van der Waals surface area (Å²) >= 11 is 0. The van der Waals surface area contributed by atoms with E-state index in [1.165, 1.54) is 7.11 Å². The molecule has 0 spiro atoms. The molecule has 0 unspecified atom stereocenters. The number of esters is 1. The van der Waals surface area contributed by atoms with Crippen molar-refractivity contribution in [2.24, 2.45) is 5.92 Å². The molecule has 0 bridgehead atoms. The number of ether oxygens (including phenoxy) is 1. The van der Waals surface area contributed by atoms with Crippen LogP contribution in [0.3, 0.4) is 0 Å². The SMILES string of the molecule is CC[C@@H](C(=O)OC)C(=O)c1ccccc1. The molecule has 3 heteroatoms. The molecule has 15 heavy (non-hydrogen) atoms. The number of rotatable bonds is 4. The van der Waals surface area contributed by atoms with Crippen LogP contribution in [0.15, 0.2) is 30.3 Å². The van der Waals surface area contributed by atoms with Gasteiger partial charge in [0.1, 0.15) is 5.92 Å². The fraction of sp³-hybridized carbons (Fsp3) is 0.333. The molecule has 0 radical (unpaired) electrons. The number of methoxy groups -OCH3 is 1. The monoisotopic (exact) mass is 206 g/mol. The van der Waals surface area contributed by atoms with Crippen LogP contribution in [0.4, 0.5) is 0 Å². The third-order valence-electron chi connectivity index (χ3n) is 2.27. The predicted octanol–water partition coefficient (Wildman–Crippen LogP) is 2.07. The maximum absolute atomic E-state index is 11.9. The van der Waals surface area contributed by atoms with E-state index in [2.05, 4.69) is 4.74 Å². The standard InChI is InChI=1S/C12H14O3/c1-3-10(12(14)15-2)11(13)9-7-5-4-6-8-9/h4-8,10H,3H2,1-2H3/t10-/m1/s1. The average Bonchev–Trinajstić information content (AvgIpc) is 2.30. The minimum absolute atomic E-state index is 0.176. The highest BCUT2D eigenvalue weighted by Gasteiger charge is 2.26. The Morgan fingerprint density at radius 1 is 1.27 bits per heavy atom. The van der Waals surface area contributed by atoms with Crippen LogP contribution in [0, 0.1) is 5.92 Å². The first-order chi connectivity index (χ1) is 7.20. The lowest BCUT2D eigenvalue weighted by Gasteiger charge is -2.10. The van der Waals surface area contributed by atoms with Gasteiger partial charge in [-0.15, -0.1) is 0 Å². The van der Waals surface area contributed by atoms with Crippen molar-refractivity contribution in [2.75, 3.05) is 7.11 Å². The molecule has 0 N–H and O–H groups in total. The van der Waals surface area contributed by atoms with Gasteiger partial charge in [-0.1, -0.05) is 37.3 Å². The molecule has 1 rings (SSSR count). The van der Waals surface area contributed by atoms with Crippen molar-refractivity contribution < 1.29 is 14.3 Å². The van der Waals surface area contributed by atoms with E-state index in [9.17, 15) is 9.59 Å². The fourth-order valence-electron chi connectivity index (χ4n) is 1.40. The van der Waals surface area contributed by atoms with Crippen molar-refractivity contribution in [3.63, 3.8) is 0 Å². The minimum atomic E-state index is -0.683.